The van der Waals surface area contributed by atoms with E-state index in [9.17, 15) is 18.0 Å². The van der Waals surface area contributed by atoms with Crippen LogP contribution in [0.25, 0.3) is 5.69 Å². The fourth-order valence-electron chi connectivity index (χ4n) is 3.62. The van der Waals surface area contributed by atoms with Crippen molar-refractivity contribution in [3.63, 3.8) is 0 Å². The van der Waals surface area contributed by atoms with E-state index < -0.39 is 17.8 Å². The van der Waals surface area contributed by atoms with Crippen LogP contribution in [-0.2, 0) is 19.0 Å². The van der Waals surface area contributed by atoms with Crippen molar-refractivity contribution in [2.24, 2.45) is 0 Å². The minimum absolute atomic E-state index is 0.272. The summed E-state index contributed by atoms with van der Waals surface area (Å²) in [5.74, 6) is -0.390. The predicted octanol–water partition coefficient (Wildman–Crippen LogP) is 6.33. The maximum atomic E-state index is 13.4. The largest absolute Gasteiger partial charge is 0.435 e. The van der Waals surface area contributed by atoms with Crippen LogP contribution in [-0.4, -0.2) is 15.7 Å². The first-order chi connectivity index (χ1) is 14.2. The lowest BCUT2D eigenvalue weighted by atomic mass is 9.95. The molecule has 0 saturated heterocycles. The fourth-order valence-corrected chi connectivity index (χ4v) is 4.15. The summed E-state index contributed by atoms with van der Waals surface area (Å²) in [5.41, 5.74) is 1.29. The first-order valence-corrected chi connectivity index (χ1v) is 10.0. The van der Waals surface area contributed by atoms with Crippen LogP contribution in [0.2, 0.25) is 10.0 Å². The van der Waals surface area contributed by atoms with Gasteiger partial charge < -0.3 is 5.32 Å². The quantitative estimate of drug-likeness (QED) is 0.503. The second kappa shape index (κ2) is 7.96. The predicted molar refractivity (Wildman–Crippen MR) is 110 cm³/mol. The highest BCUT2D eigenvalue weighted by atomic mass is 35.5. The van der Waals surface area contributed by atoms with Crippen molar-refractivity contribution in [1.82, 2.24) is 9.78 Å². The van der Waals surface area contributed by atoms with E-state index in [4.69, 9.17) is 23.2 Å². The highest BCUT2D eigenvalue weighted by Crippen LogP contribution is 2.36. The summed E-state index contributed by atoms with van der Waals surface area (Å²) in [6.07, 6.45) is -2.05. The SMILES string of the molecule is O=C(Nc1cc(Cl)cc(Cl)c1)c1ccc(-n2nc(C(F)(F)F)c3c2CCCC3)cc1. The number of carbonyl (C=O) groups excluding carboxylic acids is 1. The normalized spacial score (nSPS) is 13.8. The van der Waals surface area contributed by atoms with E-state index in [0.717, 1.165) is 6.42 Å². The van der Waals surface area contributed by atoms with Crippen molar-refractivity contribution in [3.8, 4) is 5.69 Å². The summed E-state index contributed by atoms with van der Waals surface area (Å²) in [4.78, 5) is 12.5. The second-order valence-electron chi connectivity index (χ2n) is 7.05. The average Bonchev–Trinajstić information content (AvgIpc) is 3.07. The molecule has 1 aliphatic rings. The van der Waals surface area contributed by atoms with E-state index in [1.807, 2.05) is 0 Å². The second-order valence-corrected chi connectivity index (χ2v) is 7.92. The van der Waals surface area contributed by atoms with Gasteiger partial charge in [0.2, 0.25) is 0 Å². The Labute approximate surface area is 180 Å². The smallest absolute Gasteiger partial charge is 0.322 e. The van der Waals surface area contributed by atoms with Crippen molar-refractivity contribution >= 4 is 34.8 Å². The average molecular weight is 454 g/mol. The maximum absolute atomic E-state index is 13.4. The number of hydrogen-bond acceptors (Lipinski definition) is 2. The van der Waals surface area contributed by atoms with Crippen LogP contribution in [0.4, 0.5) is 18.9 Å². The molecule has 0 spiro atoms. The molecule has 1 aromatic heterocycles. The Morgan fingerprint density at radius 1 is 1.00 bits per heavy atom. The number of hydrogen-bond donors (Lipinski definition) is 1. The molecule has 156 valence electrons. The third kappa shape index (κ3) is 4.18. The molecule has 1 amide bonds. The Kier molecular flexibility index (Phi) is 5.51. The Morgan fingerprint density at radius 3 is 2.27 bits per heavy atom. The molecular formula is C21H16Cl2F3N3O. The van der Waals surface area contributed by atoms with E-state index in [1.54, 1.807) is 42.5 Å². The van der Waals surface area contributed by atoms with Gasteiger partial charge in [-0.05, 0) is 68.1 Å². The molecule has 3 aromatic rings. The number of fused-ring (bicyclic) bond motifs is 1. The molecule has 1 heterocycles. The molecule has 0 unspecified atom stereocenters. The van der Waals surface area contributed by atoms with Gasteiger partial charge in [-0.2, -0.15) is 18.3 Å². The molecule has 0 saturated carbocycles. The van der Waals surface area contributed by atoms with E-state index in [1.165, 1.54) is 4.68 Å². The van der Waals surface area contributed by atoms with E-state index in [2.05, 4.69) is 10.4 Å². The molecule has 0 fully saturated rings. The third-order valence-corrected chi connectivity index (χ3v) is 5.38. The molecule has 30 heavy (non-hydrogen) atoms. The first kappa shape index (κ1) is 20.8. The maximum Gasteiger partial charge on any atom is 0.435 e. The van der Waals surface area contributed by atoms with Gasteiger partial charge in [0.05, 0.1) is 5.69 Å². The van der Waals surface area contributed by atoms with Gasteiger partial charge in [-0.25, -0.2) is 4.68 Å². The van der Waals surface area contributed by atoms with Gasteiger partial charge in [0.15, 0.2) is 5.69 Å². The summed E-state index contributed by atoms with van der Waals surface area (Å²) >= 11 is 11.9. The Bertz CT molecular complexity index is 1090. The van der Waals surface area contributed by atoms with Crippen LogP contribution in [0.15, 0.2) is 42.5 Å². The van der Waals surface area contributed by atoms with Gasteiger partial charge in [-0.15, -0.1) is 0 Å². The lowest BCUT2D eigenvalue weighted by molar-refractivity contribution is -0.142. The van der Waals surface area contributed by atoms with Crippen LogP contribution < -0.4 is 5.32 Å². The van der Waals surface area contributed by atoms with E-state index in [0.29, 0.717) is 51.9 Å². The Balaban J connectivity index is 1.61. The van der Waals surface area contributed by atoms with Crippen molar-refractivity contribution in [3.05, 3.63) is 75.0 Å². The minimum atomic E-state index is -4.50. The molecule has 0 radical (unpaired) electrons. The summed E-state index contributed by atoms with van der Waals surface area (Å²) < 4.78 is 41.5. The number of benzene rings is 2. The number of nitrogens with zero attached hydrogens (tertiary/aromatic N) is 2. The standard InChI is InChI=1S/C21H16Cl2F3N3O/c22-13-9-14(23)11-15(10-13)27-20(30)12-5-7-16(8-6-12)29-18-4-2-1-3-17(18)19(28-29)21(24,25)26/h5-11H,1-4H2,(H,27,30). The van der Waals surface area contributed by atoms with Gasteiger partial charge >= 0.3 is 6.18 Å². The molecule has 2 aromatic carbocycles. The van der Waals surface area contributed by atoms with Crippen LogP contribution >= 0.6 is 23.2 Å². The van der Waals surface area contributed by atoms with Crippen LogP contribution in [0.5, 0.6) is 0 Å². The minimum Gasteiger partial charge on any atom is -0.322 e. The van der Waals surface area contributed by atoms with Gasteiger partial charge in [0.1, 0.15) is 0 Å². The van der Waals surface area contributed by atoms with Crippen molar-refractivity contribution in [2.75, 3.05) is 5.32 Å². The molecule has 4 rings (SSSR count). The van der Waals surface area contributed by atoms with Crippen LogP contribution in [0.1, 0.15) is 40.2 Å². The topological polar surface area (TPSA) is 46.9 Å². The number of anilines is 1. The monoisotopic (exact) mass is 453 g/mol. The van der Waals surface area contributed by atoms with Gasteiger partial charge in [0, 0.05) is 32.6 Å². The van der Waals surface area contributed by atoms with Crippen LogP contribution in [0, 0.1) is 0 Å². The van der Waals surface area contributed by atoms with Crippen molar-refractivity contribution in [1.29, 1.82) is 0 Å². The number of nitrogens with one attached hydrogen (secondary N) is 1. The van der Waals surface area contributed by atoms with Gasteiger partial charge in [-0.3, -0.25) is 4.79 Å². The highest BCUT2D eigenvalue weighted by Gasteiger charge is 2.39. The fraction of sp³-hybridized carbons (Fsp3) is 0.238. The summed E-state index contributed by atoms with van der Waals surface area (Å²) in [6, 6.07) is 10.9. The van der Waals surface area contributed by atoms with Crippen LogP contribution in [0.3, 0.4) is 0 Å². The van der Waals surface area contributed by atoms with E-state index in [-0.39, 0.29) is 5.56 Å². The molecule has 1 aliphatic carbocycles. The Hall–Kier alpha value is -2.51. The lowest BCUT2D eigenvalue weighted by Crippen LogP contribution is -2.12. The van der Waals surface area contributed by atoms with E-state index >= 15 is 0 Å². The zero-order valence-electron chi connectivity index (χ0n) is 15.6. The number of rotatable bonds is 3. The highest BCUT2D eigenvalue weighted by molar-refractivity contribution is 6.35. The summed E-state index contributed by atoms with van der Waals surface area (Å²) in [5, 5.41) is 7.32. The summed E-state index contributed by atoms with van der Waals surface area (Å²) in [6.45, 7) is 0. The number of halogens is 5. The van der Waals surface area contributed by atoms with Gasteiger partial charge in [0.25, 0.3) is 5.91 Å². The third-order valence-electron chi connectivity index (χ3n) is 4.94. The first-order valence-electron chi connectivity index (χ1n) is 9.28. The number of amides is 1. The number of carbonyl (C=O) groups is 1. The van der Waals surface area contributed by atoms with Crippen molar-refractivity contribution < 1.29 is 18.0 Å². The summed E-state index contributed by atoms with van der Waals surface area (Å²) in [7, 11) is 0. The molecule has 1 N–H and O–H groups in total. The van der Waals surface area contributed by atoms with Gasteiger partial charge in [-0.1, -0.05) is 23.2 Å². The lowest BCUT2D eigenvalue weighted by Gasteiger charge is -2.15. The molecule has 0 aliphatic heterocycles. The molecule has 0 atom stereocenters. The number of aromatic nitrogens is 2. The molecule has 4 nitrogen and oxygen atoms in total. The molecular weight excluding hydrogens is 438 g/mol. The molecule has 9 heteroatoms. The zero-order valence-corrected chi connectivity index (χ0v) is 17.1. The molecule has 0 bridgehead atoms. The van der Waals surface area contributed by atoms with Crippen molar-refractivity contribution in [2.45, 2.75) is 31.9 Å². The Morgan fingerprint density at radius 2 is 1.63 bits per heavy atom. The number of alkyl halides is 3. The zero-order chi connectivity index (χ0) is 21.5.